The Morgan fingerprint density at radius 3 is 2.50 bits per heavy atom. The molecule has 0 aromatic rings. The Morgan fingerprint density at radius 1 is 1.39 bits per heavy atom. The number of hydrogen-bond acceptors (Lipinski definition) is 2. The normalized spacial score (nSPS) is 24.6. The molecule has 1 aliphatic heterocycles. The highest BCUT2D eigenvalue weighted by atomic mass is 35.5. The highest BCUT2D eigenvalue weighted by Crippen LogP contribution is 2.25. The Bertz CT molecular complexity index is 263. The van der Waals surface area contributed by atoms with Crippen LogP contribution in [0.5, 0.6) is 0 Å². The van der Waals surface area contributed by atoms with Crippen LogP contribution in [0.25, 0.3) is 0 Å². The Labute approximate surface area is 118 Å². The molecule has 0 bridgehead atoms. The van der Waals surface area contributed by atoms with Crippen molar-refractivity contribution in [2.24, 2.45) is 17.1 Å². The van der Waals surface area contributed by atoms with E-state index in [1.165, 1.54) is 0 Å². The maximum Gasteiger partial charge on any atom is 0.222 e. The third-order valence-electron chi connectivity index (χ3n) is 3.66. The molecule has 0 spiro atoms. The van der Waals surface area contributed by atoms with Gasteiger partial charge in [-0.2, -0.15) is 0 Å². The van der Waals surface area contributed by atoms with Crippen molar-refractivity contribution < 1.29 is 4.79 Å². The van der Waals surface area contributed by atoms with E-state index in [-0.39, 0.29) is 23.9 Å². The molecular formula is C14H29ClN2O. The van der Waals surface area contributed by atoms with Crippen LogP contribution in [-0.2, 0) is 4.79 Å². The van der Waals surface area contributed by atoms with Crippen molar-refractivity contribution in [3.05, 3.63) is 0 Å². The average Bonchev–Trinajstić information content (AvgIpc) is 2.24. The maximum absolute atomic E-state index is 12.2. The van der Waals surface area contributed by atoms with Gasteiger partial charge in [-0.05, 0) is 30.6 Å². The minimum absolute atomic E-state index is 0. The SMILES string of the molecule is CC1CCN(C(=O)CCC(C)(C)C)C(CN)C1.Cl. The Balaban J connectivity index is 0.00000289. The minimum Gasteiger partial charge on any atom is -0.338 e. The lowest BCUT2D eigenvalue weighted by Crippen LogP contribution is -2.49. The van der Waals surface area contributed by atoms with Gasteiger partial charge in [0.15, 0.2) is 0 Å². The first-order valence-electron chi connectivity index (χ1n) is 6.83. The molecule has 1 fully saturated rings. The number of carbonyl (C=O) groups is 1. The lowest BCUT2D eigenvalue weighted by Gasteiger charge is -2.38. The number of nitrogens with zero attached hydrogens (tertiary/aromatic N) is 1. The van der Waals surface area contributed by atoms with Gasteiger partial charge in [0.1, 0.15) is 0 Å². The zero-order chi connectivity index (χ0) is 13.1. The molecule has 108 valence electrons. The van der Waals surface area contributed by atoms with Gasteiger partial charge in [-0.3, -0.25) is 4.79 Å². The molecule has 0 aromatic heterocycles. The number of halogens is 1. The van der Waals surface area contributed by atoms with Crippen molar-refractivity contribution in [3.8, 4) is 0 Å². The van der Waals surface area contributed by atoms with Gasteiger partial charge in [-0.15, -0.1) is 12.4 Å². The van der Waals surface area contributed by atoms with E-state index in [1.54, 1.807) is 0 Å². The third-order valence-corrected chi connectivity index (χ3v) is 3.66. The van der Waals surface area contributed by atoms with Crippen molar-refractivity contribution in [2.75, 3.05) is 13.1 Å². The van der Waals surface area contributed by atoms with E-state index in [2.05, 4.69) is 27.7 Å². The molecule has 1 amide bonds. The molecule has 0 aliphatic carbocycles. The molecule has 2 N–H and O–H groups in total. The number of nitrogens with two attached hydrogens (primary N) is 1. The molecule has 0 aromatic carbocycles. The van der Waals surface area contributed by atoms with Crippen molar-refractivity contribution in [1.82, 2.24) is 4.90 Å². The fraction of sp³-hybridized carbons (Fsp3) is 0.929. The van der Waals surface area contributed by atoms with Crippen molar-refractivity contribution >= 4 is 18.3 Å². The van der Waals surface area contributed by atoms with Crippen molar-refractivity contribution in [2.45, 2.75) is 59.4 Å². The van der Waals surface area contributed by atoms with Gasteiger partial charge < -0.3 is 10.6 Å². The smallest absolute Gasteiger partial charge is 0.222 e. The maximum atomic E-state index is 12.2. The summed E-state index contributed by atoms with van der Waals surface area (Å²) >= 11 is 0. The van der Waals surface area contributed by atoms with Gasteiger partial charge in [0.05, 0.1) is 0 Å². The van der Waals surface area contributed by atoms with Gasteiger partial charge in [-0.25, -0.2) is 0 Å². The molecule has 0 radical (unpaired) electrons. The summed E-state index contributed by atoms with van der Waals surface area (Å²) in [7, 11) is 0. The number of amides is 1. The van der Waals surface area contributed by atoms with E-state index < -0.39 is 0 Å². The second-order valence-electron chi connectivity index (χ2n) is 6.67. The highest BCUT2D eigenvalue weighted by molar-refractivity contribution is 5.85. The predicted octanol–water partition coefficient (Wildman–Crippen LogP) is 2.82. The topological polar surface area (TPSA) is 46.3 Å². The number of hydrogen-bond donors (Lipinski definition) is 1. The van der Waals surface area contributed by atoms with Gasteiger partial charge in [0, 0.05) is 25.6 Å². The Kier molecular flexibility index (Phi) is 7.23. The molecule has 4 heteroatoms. The first kappa shape index (κ1) is 17.7. The summed E-state index contributed by atoms with van der Waals surface area (Å²) in [5, 5.41) is 0. The van der Waals surface area contributed by atoms with E-state index in [4.69, 9.17) is 5.73 Å². The van der Waals surface area contributed by atoms with Crippen molar-refractivity contribution in [3.63, 3.8) is 0 Å². The zero-order valence-corrected chi connectivity index (χ0v) is 13.1. The van der Waals surface area contributed by atoms with Gasteiger partial charge in [-0.1, -0.05) is 27.7 Å². The summed E-state index contributed by atoms with van der Waals surface area (Å²) in [6.45, 7) is 10.3. The summed E-state index contributed by atoms with van der Waals surface area (Å²) < 4.78 is 0. The summed E-state index contributed by atoms with van der Waals surface area (Å²) in [6, 6.07) is 0.270. The fourth-order valence-electron chi connectivity index (χ4n) is 2.43. The molecule has 0 saturated carbocycles. The van der Waals surface area contributed by atoms with Crippen LogP contribution in [0.4, 0.5) is 0 Å². The third kappa shape index (κ3) is 5.57. The monoisotopic (exact) mass is 276 g/mol. The first-order valence-corrected chi connectivity index (χ1v) is 6.83. The number of piperidine rings is 1. The van der Waals surface area contributed by atoms with Crippen LogP contribution in [-0.4, -0.2) is 29.9 Å². The van der Waals surface area contributed by atoms with Gasteiger partial charge in [0.2, 0.25) is 5.91 Å². The molecule has 3 nitrogen and oxygen atoms in total. The van der Waals surface area contributed by atoms with Crippen LogP contribution in [0.2, 0.25) is 0 Å². The molecule has 1 heterocycles. The van der Waals surface area contributed by atoms with Gasteiger partial charge in [0.25, 0.3) is 0 Å². The molecule has 2 atom stereocenters. The van der Waals surface area contributed by atoms with E-state index in [1.807, 2.05) is 4.90 Å². The largest absolute Gasteiger partial charge is 0.338 e. The van der Waals surface area contributed by atoms with Crippen LogP contribution in [0.3, 0.4) is 0 Å². The predicted molar refractivity (Wildman–Crippen MR) is 78.9 cm³/mol. The molecule has 2 unspecified atom stereocenters. The van der Waals surface area contributed by atoms with E-state index in [0.29, 0.717) is 24.8 Å². The molecule has 1 aliphatic rings. The summed E-state index contributed by atoms with van der Waals surface area (Å²) in [5.74, 6) is 0.998. The lowest BCUT2D eigenvalue weighted by molar-refractivity contribution is -0.135. The van der Waals surface area contributed by atoms with E-state index >= 15 is 0 Å². The lowest BCUT2D eigenvalue weighted by atomic mass is 9.89. The number of rotatable bonds is 3. The molecular weight excluding hydrogens is 248 g/mol. The second kappa shape index (κ2) is 7.34. The van der Waals surface area contributed by atoms with Crippen LogP contribution in [0, 0.1) is 11.3 Å². The molecule has 18 heavy (non-hydrogen) atoms. The van der Waals surface area contributed by atoms with Crippen LogP contribution < -0.4 is 5.73 Å². The average molecular weight is 277 g/mol. The first-order chi connectivity index (χ1) is 7.83. The number of carbonyl (C=O) groups excluding carboxylic acids is 1. The van der Waals surface area contributed by atoms with E-state index in [9.17, 15) is 4.79 Å². The van der Waals surface area contributed by atoms with Crippen LogP contribution in [0.15, 0.2) is 0 Å². The number of likely N-dealkylation sites (tertiary alicyclic amines) is 1. The second-order valence-corrected chi connectivity index (χ2v) is 6.67. The molecule has 1 saturated heterocycles. The van der Waals surface area contributed by atoms with Gasteiger partial charge >= 0.3 is 0 Å². The standard InChI is InChI=1S/C14H28N2O.ClH/c1-11-6-8-16(12(9-11)10-15)13(17)5-7-14(2,3)4;/h11-12H,5-10,15H2,1-4H3;1H. The Hall–Kier alpha value is -0.280. The summed E-state index contributed by atoms with van der Waals surface area (Å²) in [6.07, 6.45) is 3.80. The zero-order valence-electron chi connectivity index (χ0n) is 12.2. The van der Waals surface area contributed by atoms with Crippen LogP contribution >= 0.6 is 12.4 Å². The summed E-state index contributed by atoms with van der Waals surface area (Å²) in [4.78, 5) is 14.2. The Morgan fingerprint density at radius 2 is 2.00 bits per heavy atom. The van der Waals surface area contributed by atoms with Crippen LogP contribution in [0.1, 0.15) is 53.4 Å². The van der Waals surface area contributed by atoms with E-state index in [0.717, 1.165) is 25.8 Å². The fourth-order valence-corrected chi connectivity index (χ4v) is 2.43. The quantitative estimate of drug-likeness (QED) is 0.862. The highest BCUT2D eigenvalue weighted by Gasteiger charge is 2.29. The minimum atomic E-state index is 0. The van der Waals surface area contributed by atoms with Crippen molar-refractivity contribution in [1.29, 1.82) is 0 Å². The molecule has 1 rings (SSSR count). The summed E-state index contributed by atoms with van der Waals surface area (Å²) in [5.41, 5.74) is 6.01.